The molecule has 3 aromatic rings. The zero-order valence-electron chi connectivity index (χ0n) is 17.5. The van der Waals surface area contributed by atoms with Gasteiger partial charge in [0.2, 0.25) is 5.91 Å². The topological polar surface area (TPSA) is 51.0 Å². The van der Waals surface area contributed by atoms with Crippen molar-refractivity contribution in [1.29, 1.82) is 0 Å². The molecule has 0 spiro atoms. The number of carbonyl (C=O) groups is 1. The van der Waals surface area contributed by atoms with Gasteiger partial charge in [0.1, 0.15) is 5.82 Å². The summed E-state index contributed by atoms with van der Waals surface area (Å²) in [4.78, 5) is 15.0. The summed E-state index contributed by atoms with van der Waals surface area (Å²) in [6.07, 6.45) is 0. The molecule has 1 heterocycles. The molecule has 0 aliphatic rings. The lowest BCUT2D eigenvalue weighted by atomic mass is 10.0. The summed E-state index contributed by atoms with van der Waals surface area (Å²) in [5.74, 6) is 1.27. The van der Waals surface area contributed by atoms with Gasteiger partial charge >= 0.3 is 0 Å². The molecule has 1 aromatic heterocycles. The van der Waals surface area contributed by atoms with Gasteiger partial charge in [-0.25, -0.2) is 0 Å². The second-order valence-corrected chi connectivity index (χ2v) is 8.97. The van der Waals surface area contributed by atoms with Crippen molar-refractivity contribution >= 4 is 17.7 Å². The first kappa shape index (κ1) is 21.1. The highest BCUT2D eigenvalue weighted by molar-refractivity contribution is 7.99. The first-order chi connectivity index (χ1) is 13.8. The summed E-state index contributed by atoms with van der Waals surface area (Å²) in [6, 6.07) is 20.3. The fraction of sp³-hybridized carbons (Fsp3) is 0.348. The minimum Gasteiger partial charge on any atom is -0.333 e. The summed E-state index contributed by atoms with van der Waals surface area (Å²) in [5, 5.41) is 9.29. The number of thioether (sulfide) groups is 1. The lowest BCUT2D eigenvalue weighted by molar-refractivity contribution is -0.133. The summed E-state index contributed by atoms with van der Waals surface area (Å²) >= 11 is 1.45. The third-order valence-corrected chi connectivity index (χ3v) is 5.66. The van der Waals surface area contributed by atoms with E-state index in [4.69, 9.17) is 0 Å². The zero-order valence-corrected chi connectivity index (χ0v) is 18.3. The highest BCUT2D eigenvalue weighted by atomic mass is 32.2. The van der Waals surface area contributed by atoms with Gasteiger partial charge in [0.15, 0.2) is 5.16 Å². The molecule has 6 heteroatoms. The Balaban J connectivity index is 1.70. The van der Waals surface area contributed by atoms with Gasteiger partial charge in [0.25, 0.3) is 0 Å². The van der Waals surface area contributed by atoms with Crippen molar-refractivity contribution in [3.05, 3.63) is 77.6 Å². The molecule has 0 fully saturated rings. The van der Waals surface area contributed by atoms with Crippen LogP contribution in [-0.4, -0.2) is 36.9 Å². The van der Waals surface area contributed by atoms with Crippen LogP contribution in [0.1, 0.15) is 37.7 Å². The van der Waals surface area contributed by atoms with Crippen molar-refractivity contribution in [3.63, 3.8) is 0 Å². The summed E-state index contributed by atoms with van der Waals surface area (Å²) in [6.45, 7) is 9.45. The van der Waals surface area contributed by atoms with Crippen molar-refractivity contribution < 1.29 is 4.79 Å². The molecule has 0 saturated heterocycles. The normalized spacial score (nSPS) is 11.4. The van der Waals surface area contributed by atoms with E-state index < -0.39 is 0 Å². The van der Waals surface area contributed by atoms with E-state index in [1.165, 1.54) is 17.3 Å². The molecule has 0 aliphatic carbocycles. The SMILES string of the molecule is Cc1nnc(SCC(=O)N(Cc2ccccc2)C(C)(C)C)n1Cc1ccccc1. The molecule has 152 valence electrons. The van der Waals surface area contributed by atoms with E-state index in [0.29, 0.717) is 18.8 Å². The molecule has 0 aliphatic heterocycles. The van der Waals surface area contributed by atoms with Gasteiger partial charge in [-0.2, -0.15) is 0 Å². The van der Waals surface area contributed by atoms with Crippen LogP contribution >= 0.6 is 11.8 Å². The maximum absolute atomic E-state index is 13.1. The predicted molar refractivity (Wildman–Crippen MR) is 118 cm³/mol. The first-order valence-corrected chi connectivity index (χ1v) is 10.7. The van der Waals surface area contributed by atoms with Crippen LogP contribution in [0.4, 0.5) is 0 Å². The van der Waals surface area contributed by atoms with Crippen molar-refractivity contribution in [2.24, 2.45) is 0 Å². The second kappa shape index (κ2) is 9.27. The fourth-order valence-corrected chi connectivity index (χ4v) is 3.95. The van der Waals surface area contributed by atoms with E-state index in [1.54, 1.807) is 0 Å². The minimum absolute atomic E-state index is 0.0956. The van der Waals surface area contributed by atoms with Gasteiger partial charge in [-0.05, 0) is 38.8 Å². The molecule has 0 atom stereocenters. The number of carbonyl (C=O) groups excluding carboxylic acids is 1. The highest BCUT2D eigenvalue weighted by Crippen LogP contribution is 2.23. The van der Waals surface area contributed by atoms with E-state index in [-0.39, 0.29) is 11.4 Å². The number of hydrogen-bond acceptors (Lipinski definition) is 4. The zero-order chi connectivity index (χ0) is 20.9. The molecule has 3 rings (SSSR count). The van der Waals surface area contributed by atoms with E-state index >= 15 is 0 Å². The number of rotatable bonds is 7. The van der Waals surface area contributed by atoms with Crippen LogP contribution in [0.3, 0.4) is 0 Å². The van der Waals surface area contributed by atoms with Gasteiger partial charge in [-0.3, -0.25) is 4.79 Å². The predicted octanol–water partition coefficient (Wildman–Crippen LogP) is 4.55. The van der Waals surface area contributed by atoms with Crippen LogP contribution in [0.25, 0.3) is 0 Å². The smallest absolute Gasteiger partial charge is 0.233 e. The number of hydrogen-bond donors (Lipinski definition) is 0. The Hall–Kier alpha value is -2.60. The monoisotopic (exact) mass is 408 g/mol. The molecular formula is C23H28N4OS. The summed E-state index contributed by atoms with van der Waals surface area (Å²) in [5.41, 5.74) is 2.05. The van der Waals surface area contributed by atoms with Gasteiger partial charge in [0, 0.05) is 12.1 Å². The molecule has 0 N–H and O–H groups in total. The molecule has 5 nitrogen and oxygen atoms in total. The lowest BCUT2D eigenvalue weighted by Gasteiger charge is -2.36. The number of aromatic nitrogens is 3. The van der Waals surface area contributed by atoms with Crippen LogP contribution in [0, 0.1) is 6.92 Å². The molecule has 29 heavy (non-hydrogen) atoms. The fourth-order valence-electron chi connectivity index (χ4n) is 3.09. The Morgan fingerprint density at radius 2 is 1.55 bits per heavy atom. The van der Waals surface area contributed by atoms with Crippen LogP contribution in [0.5, 0.6) is 0 Å². The van der Waals surface area contributed by atoms with Gasteiger partial charge < -0.3 is 9.47 Å². The third kappa shape index (κ3) is 5.70. The Morgan fingerprint density at radius 1 is 0.966 bits per heavy atom. The van der Waals surface area contributed by atoms with Crippen molar-refractivity contribution in [3.8, 4) is 0 Å². The third-order valence-electron chi connectivity index (χ3n) is 4.70. The lowest BCUT2D eigenvalue weighted by Crippen LogP contribution is -2.45. The quantitative estimate of drug-likeness (QED) is 0.538. The van der Waals surface area contributed by atoms with E-state index in [1.807, 2.05) is 48.2 Å². The first-order valence-electron chi connectivity index (χ1n) is 9.75. The summed E-state index contributed by atoms with van der Waals surface area (Å²) < 4.78 is 2.06. The molecule has 0 radical (unpaired) electrons. The van der Waals surface area contributed by atoms with Crippen LogP contribution in [-0.2, 0) is 17.9 Å². The van der Waals surface area contributed by atoms with Gasteiger partial charge in [-0.15, -0.1) is 10.2 Å². The molecule has 2 aromatic carbocycles. The van der Waals surface area contributed by atoms with Crippen molar-refractivity contribution in [1.82, 2.24) is 19.7 Å². The average Bonchev–Trinajstić information content (AvgIpc) is 3.04. The average molecular weight is 409 g/mol. The maximum atomic E-state index is 13.1. The van der Waals surface area contributed by atoms with Crippen molar-refractivity contribution in [2.75, 3.05) is 5.75 Å². The highest BCUT2D eigenvalue weighted by Gasteiger charge is 2.27. The number of aryl methyl sites for hydroxylation is 1. The molecule has 1 amide bonds. The van der Waals surface area contributed by atoms with Gasteiger partial charge in [-0.1, -0.05) is 72.4 Å². The summed E-state index contributed by atoms with van der Waals surface area (Å²) in [7, 11) is 0. The number of benzene rings is 2. The Bertz CT molecular complexity index is 933. The van der Waals surface area contributed by atoms with Crippen molar-refractivity contribution in [2.45, 2.75) is 51.5 Å². The van der Waals surface area contributed by atoms with E-state index in [2.05, 4.69) is 59.8 Å². The second-order valence-electron chi connectivity index (χ2n) is 8.03. The van der Waals surface area contributed by atoms with Crippen LogP contribution < -0.4 is 0 Å². The minimum atomic E-state index is -0.263. The van der Waals surface area contributed by atoms with E-state index in [9.17, 15) is 4.79 Å². The van der Waals surface area contributed by atoms with Crippen LogP contribution in [0.15, 0.2) is 65.8 Å². The Labute approximate surface area is 177 Å². The molecular weight excluding hydrogens is 380 g/mol. The Kier molecular flexibility index (Phi) is 6.75. The van der Waals surface area contributed by atoms with Crippen LogP contribution in [0.2, 0.25) is 0 Å². The number of amides is 1. The number of nitrogens with zero attached hydrogens (tertiary/aromatic N) is 4. The molecule has 0 saturated carbocycles. The van der Waals surface area contributed by atoms with Gasteiger partial charge in [0.05, 0.1) is 12.3 Å². The molecule has 0 unspecified atom stereocenters. The standard InChI is InChI=1S/C23H28N4OS/c1-18-24-25-22(26(18)15-19-11-7-5-8-12-19)29-17-21(28)27(23(2,3)4)16-20-13-9-6-10-14-20/h5-14H,15-17H2,1-4H3. The molecule has 0 bridgehead atoms. The van der Waals surface area contributed by atoms with E-state index in [0.717, 1.165) is 16.5 Å². The Morgan fingerprint density at radius 3 is 2.14 bits per heavy atom. The largest absolute Gasteiger partial charge is 0.333 e. The maximum Gasteiger partial charge on any atom is 0.233 e.